The lowest BCUT2D eigenvalue weighted by Crippen LogP contribution is -2.43. The van der Waals surface area contributed by atoms with Gasteiger partial charge in [-0.25, -0.2) is 4.68 Å². The molecule has 22 heavy (non-hydrogen) atoms. The molecule has 1 aromatic heterocycles. The molecule has 0 spiro atoms. The Kier molecular flexibility index (Phi) is 4.22. The van der Waals surface area contributed by atoms with E-state index in [1.807, 2.05) is 37.3 Å². The lowest BCUT2D eigenvalue weighted by molar-refractivity contribution is 0.0612. The van der Waals surface area contributed by atoms with Gasteiger partial charge in [0.2, 0.25) is 0 Å². The molecule has 1 aliphatic heterocycles. The average Bonchev–Trinajstić information content (AvgIpc) is 3.13. The zero-order chi connectivity index (χ0) is 15.6. The number of carbonyl (C=O) groups is 1. The van der Waals surface area contributed by atoms with Crippen LogP contribution in [0.2, 0.25) is 0 Å². The molecule has 1 aromatic carbocycles. The second-order valence-corrected chi connectivity index (χ2v) is 6.71. The number of para-hydroxylation sites is 1. The molecule has 3 rings (SSSR count). The second-order valence-electron chi connectivity index (χ2n) is 5.60. The van der Waals surface area contributed by atoms with Gasteiger partial charge in [-0.2, -0.15) is 16.9 Å². The minimum atomic E-state index is -0.774. The van der Waals surface area contributed by atoms with Gasteiger partial charge in [0.05, 0.1) is 28.7 Å². The van der Waals surface area contributed by atoms with Crippen LogP contribution >= 0.6 is 11.8 Å². The molecule has 1 aliphatic rings. The fourth-order valence-electron chi connectivity index (χ4n) is 2.54. The van der Waals surface area contributed by atoms with Crippen LogP contribution in [0.4, 0.5) is 0 Å². The van der Waals surface area contributed by atoms with E-state index < -0.39 is 5.60 Å². The summed E-state index contributed by atoms with van der Waals surface area (Å²) in [6, 6.07) is 9.70. The highest BCUT2D eigenvalue weighted by Crippen LogP contribution is 2.27. The largest absolute Gasteiger partial charge is 0.387 e. The molecule has 5 nitrogen and oxygen atoms in total. The molecule has 2 N–H and O–H groups in total. The Hall–Kier alpha value is -1.79. The summed E-state index contributed by atoms with van der Waals surface area (Å²) in [5, 5.41) is 17.4. The number of aliphatic hydroxyl groups is 1. The molecule has 1 fully saturated rings. The molecule has 0 bridgehead atoms. The van der Waals surface area contributed by atoms with Gasteiger partial charge in [-0.15, -0.1) is 0 Å². The monoisotopic (exact) mass is 317 g/mol. The Morgan fingerprint density at radius 1 is 1.45 bits per heavy atom. The number of carbonyl (C=O) groups excluding carboxylic acids is 1. The van der Waals surface area contributed by atoms with E-state index in [9.17, 15) is 9.90 Å². The number of aromatic nitrogens is 2. The van der Waals surface area contributed by atoms with Crippen LogP contribution in [0.5, 0.6) is 0 Å². The number of nitrogens with one attached hydrogen (secondary N) is 1. The normalized spacial score (nSPS) is 21.0. The van der Waals surface area contributed by atoms with Crippen LogP contribution in [0.3, 0.4) is 0 Å². The Morgan fingerprint density at radius 3 is 2.91 bits per heavy atom. The van der Waals surface area contributed by atoms with Crippen molar-refractivity contribution in [3.8, 4) is 5.69 Å². The summed E-state index contributed by atoms with van der Waals surface area (Å²) in [6.45, 7) is 2.16. The minimum absolute atomic E-state index is 0.190. The van der Waals surface area contributed by atoms with Gasteiger partial charge in [-0.1, -0.05) is 18.2 Å². The van der Waals surface area contributed by atoms with Crippen molar-refractivity contribution in [1.82, 2.24) is 15.1 Å². The van der Waals surface area contributed by atoms with Crippen LogP contribution in [-0.4, -0.2) is 44.4 Å². The van der Waals surface area contributed by atoms with Gasteiger partial charge in [0.25, 0.3) is 5.91 Å². The molecule has 1 saturated heterocycles. The number of hydrogen-bond acceptors (Lipinski definition) is 4. The second kappa shape index (κ2) is 6.14. The van der Waals surface area contributed by atoms with Gasteiger partial charge < -0.3 is 10.4 Å². The van der Waals surface area contributed by atoms with Crippen molar-refractivity contribution in [2.24, 2.45) is 0 Å². The van der Waals surface area contributed by atoms with Crippen molar-refractivity contribution in [3.63, 3.8) is 0 Å². The van der Waals surface area contributed by atoms with E-state index in [4.69, 9.17) is 0 Å². The summed E-state index contributed by atoms with van der Waals surface area (Å²) >= 11 is 1.72. The van der Waals surface area contributed by atoms with Crippen molar-refractivity contribution in [3.05, 3.63) is 47.8 Å². The molecule has 2 aromatic rings. The van der Waals surface area contributed by atoms with Gasteiger partial charge >= 0.3 is 0 Å². The lowest BCUT2D eigenvalue weighted by atomic mass is 10.0. The smallest absolute Gasteiger partial charge is 0.254 e. The first-order valence-corrected chi connectivity index (χ1v) is 8.43. The van der Waals surface area contributed by atoms with Crippen molar-refractivity contribution in [2.75, 3.05) is 18.1 Å². The van der Waals surface area contributed by atoms with Gasteiger partial charge in [0, 0.05) is 12.3 Å². The number of rotatable bonds is 4. The maximum atomic E-state index is 12.3. The molecule has 1 amide bonds. The quantitative estimate of drug-likeness (QED) is 0.902. The number of amides is 1. The van der Waals surface area contributed by atoms with Crippen LogP contribution in [0, 0.1) is 6.92 Å². The van der Waals surface area contributed by atoms with Gasteiger partial charge in [0.15, 0.2) is 0 Å². The van der Waals surface area contributed by atoms with Crippen molar-refractivity contribution in [2.45, 2.75) is 18.9 Å². The maximum absolute atomic E-state index is 12.3. The Morgan fingerprint density at radius 2 is 2.23 bits per heavy atom. The van der Waals surface area contributed by atoms with Crippen LogP contribution in [0.25, 0.3) is 5.69 Å². The molecule has 1 unspecified atom stereocenters. The lowest BCUT2D eigenvalue weighted by Gasteiger charge is -2.21. The van der Waals surface area contributed by atoms with E-state index in [1.54, 1.807) is 22.6 Å². The summed E-state index contributed by atoms with van der Waals surface area (Å²) in [4.78, 5) is 12.3. The summed E-state index contributed by atoms with van der Waals surface area (Å²) in [6.07, 6.45) is 2.30. The number of hydrogen-bond donors (Lipinski definition) is 2. The third-order valence-electron chi connectivity index (χ3n) is 3.92. The zero-order valence-electron chi connectivity index (χ0n) is 12.5. The third kappa shape index (κ3) is 3.03. The van der Waals surface area contributed by atoms with E-state index in [2.05, 4.69) is 10.4 Å². The van der Waals surface area contributed by atoms with E-state index in [0.29, 0.717) is 11.3 Å². The topological polar surface area (TPSA) is 67.2 Å². The van der Waals surface area contributed by atoms with E-state index in [-0.39, 0.29) is 12.5 Å². The number of nitrogens with zero attached hydrogens (tertiary/aromatic N) is 2. The molecule has 116 valence electrons. The Bertz CT molecular complexity index is 663. The fourth-order valence-corrected chi connectivity index (χ4v) is 3.83. The molecule has 0 aliphatic carbocycles. The predicted molar refractivity (Wildman–Crippen MR) is 87.5 cm³/mol. The standard InChI is InChI=1S/C16H19N3O2S/c1-12-14(9-18-19(12)13-5-3-2-4-6-13)15(20)17-10-16(21)7-8-22-11-16/h2-6,9,21H,7-8,10-11H2,1H3,(H,17,20). The first-order chi connectivity index (χ1) is 10.6. The highest BCUT2D eigenvalue weighted by Gasteiger charge is 2.32. The van der Waals surface area contributed by atoms with E-state index >= 15 is 0 Å². The number of benzene rings is 1. The van der Waals surface area contributed by atoms with Crippen LogP contribution in [-0.2, 0) is 0 Å². The molecular weight excluding hydrogens is 298 g/mol. The van der Waals surface area contributed by atoms with E-state index in [1.165, 1.54) is 0 Å². The molecule has 0 saturated carbocycles. The molecule has 1 atom stereocenters. The first-order valence-electron chi connectivity index (χ1n) is 7.27. The Labute approximate surface area is 133 Å². The van der Waals surface area contributed by atoms with Crippen molar-refractivity contribution >= 4 is 17.7 Å². The molecule has 0 radical (unpaired) electrons. The van der Waals surface area contributed by atoms with Crippen LogP contribution < -0.4 is 5.32 Å². The van der Waals surface area contributed by atoms with Crippen molar-refractivity contribution < 1.29 is 9.90 Å². The van der Waals surface area contributed by atoms with Gasteiger partial charge in [-0.05, 0) is 31.2 Å². The zero-order valence-corrected chi connectivity index (χ0v) is 13.3. The van der Waals surface area contributed by atoms with E-state index in [0.717, 1.165) is 23.6 Å². The van der Waals surface area contributed by atoms with Gasteiger partial charge in [-0.3, -0.25) is 4.79 Å². The summed E-state index contributed by atoms with van der Waals surface area (Å²) in [5.74, 6) is 1.43. The first kappa shape index (κ1) is 15.1. The molecule has 2 heterocycles. The maximum Gasteiger partial charge on any atom is 0.254 e. The Balaban J connectivity index is 1.72. The van der Waals surface area contributed by atoms with Crippen LogP contribution in [0.15, 0.2) is 36.5 Å². The minimum Gasteiger partial charge on any atom is -0.387 e. The van der Waals surface area contributed by atoms with Crippen LogP contribution in [0.1, 0.15) is 22.5 Å². The molecule has 6 heteroatoms. The highest BCUT2D eigenvalue weighted by atomic mass is 32.2. The highest BCUT2D eigenvalue weighted by molar-refractivity contribution is 7.99. The SMILES string of the molecule is Cc1c(C(=O)NCC2(O)CCSC2)cnn1-c1ccccc1. The summed E-state index contributed by atoms with van der Waals surface area (Å²) in [7, 11) is 0. The number of thioether (sulfide) groups is 1. The summed E-state index contributed by atoms with van der Waals surface area (Å²) in [5.41, 5.74) is 1.48. The van der Waals surface area contributed by atoms with Gasteiger partial charge in [0.1, 0.15) is 0 Å². The summed E-state index contributed by atoms with van der Waals surface area (Å²) < 4.78 is 1.75. The predicted octanol–water partition coefficient (Wildman–Crippen LogP) is 1.78. The third-order valence-corrected chi connectivity index (χ3v) is 5.15. The average molecular weight is 317 g/mol. The fraction of sp³-hybridized carbons (Fsp3) is 0.375. The van der Waals surface area contributed by atoms with Crippen molar-refractivity contribution in [1.29, 1.82) is 0 Å². The molecular formula is C16H19N3O2S.